The molecule has 4 nitrogen and oxygen atoms in total. The monoisotopic (exact) mass is 220 g/mol. The van der Waals surface area contributed by atoms with Crippen LogP contribution in [0.3, 0.4) is 0 Å². The lowest BCUT2D eigenvalue weighted by Gasteiger charge is -2.24. The fraction of sp³-hybridized carbons (Fsp3) is 0.500. The van der Waals surface area contributed by atoms with Crippen molar-refractivity contribution in [3.63, 3.8) is 0 Å². The van der Waals surface area contributed by atoms with Crippen molar-refractivity contribution in [1.29, 1.82) is 5.41 Å². The fourth-order valence-electron chi connectivity index (χ4n) is 1.61. The second-order valence-corrected chi connectivity index (χ2v) is 4.12. The Kier molecular flexibility index (Phi) is 4.43. The topological polar surface area (TPSA) is 66.0 Å². The molecule has 0 fully saturated rings. The van der Waals surface area contributed by atoms with Crippen molar-refractivity contribution in [3.05, 3.63) is 29.6 Å². The molecule has 1 heterocycles. The molecule has 16 heavy (non-hydrogen) atoms. The molecular weight excluding hydrogens is 200 g/mol. The first-order valence-electron chi connectivity index (χ1n) is 5.58. The first-order valence-corrected chi connectivity index (χ1v) is 5.58. The Bertz CT molecular complexity index is 360. The van der Waals surface area contributed by atoms with Gasteiger partial charge in [0.05, 0.1) is 0 Å². The SMILES string of the molecule is CCN(Cc1ccnc(C(=N)N)c1)C(C)C. The summed E-state index contributed by atoms with van der Waals surface area (Å²) in [4.78, 5) is 6.40. The Hall–Kier alpha value is -1.42. The third kappa shape index (κ3) is 3.31. The number of nitrogen functional groups attached to an aromatic ring is 1. The lowest BCUT2D eigenvalue weighted by Crippen LogP contribution is -2.30. The van der Waals surface area contributed by atoms with E-state index in [-0.39, 0.29) is 5.84 Å². The standard InChI is InChI=1S/C12H20N4/c1-4-16(9(2)3)8-10-5-6-15-11(7-10)12(13)14/h5-7,9H,4,8H2,1-3H3,(H3,13,14). The van der Waals surface area contributed by atoms with Gasteiger partial charge >= 0.3 is 0 Å². The number of pyridine rings is 1. The van der Waals surface area contributed by atoms with E-state index in [9.17, 15) is 0 Å². The smallest absolute Gasteiger partial charge is 0.141 e. The van der Waals surface area contributed by atoms with Crippen LogP contribution in [0.1, 0.15) is 32.0 Å². The van der Waals surface area contributed by atoms with E-state index >= 15 is 0 Å². The lowest BCUT2D eigenvalue weighted by atomic mass is 10.2. The minimum atomic E-state index is 0.0226. The second-order valence-electron chi connectivity index (χ2n) is 4.12. The van der Waals surface area contributed by atoms with Crippen LogP contribution in [0.4, 0.5) is 0 Å². The third-order valence-electron chi connectivity index (χ3n) is 2.62. The number of nitrogens with one attached hydrogen (secondary N) is 1. The predicted octanol–water partition coefficient (Wildman–Crippen LogP) is 1.60. The highest BCUT2D eigenvalue weighted by molar-refractivity contribution is 5.93. The summed E-state index contributed by atoms with van der Waals surface area (Å²) in [7, 11) is 0. The average molecular weight is 220 g/mol. The summed E-state index contributed by atoms with van der Waals surface area (Å²) in [5.74, 6) is 0.0226. The van der Waals surface area contributed by atoms with E-state index in [2.05, 4.69) is 30.7 Å². The molecule has 3 N–H and O–H groups in total. The largest absolute Gasteiger partial charge is 0.382 e. The summed E-state index contributed by atoms with van der Waals surface area (Å²) < 4.78 is 0. The molecule has 0 atom stereocenters. The van der Waals surface area contributed by atoms with Crippen LogP contribution in [0.2, 0.25) is 0 Å². The maximum Gasteiger partial charge on any atom is 0.141 e. The Labute approximate surface area is 97.0 Å². The van der Waals surface area contributed by atoms with Crippen molar-refractivity contribution in [2.45, 2.75) is 33.4 Å². The molecule has 0 aliphatic rings. The number of rotatable bonds is 5. The summed E-state index contributed by atoms with van der Waals surface area (Å²) >= 11 is 0. The molecule has 0 amide bonds. The van der Waals surface area contributed by atoms with Gasteiger partial charge in [0.15, 0.2) is 0 Å². The summed E-state index contributed by atoms with van der Waals surface area (Å²) in [6.45, 7) is 8.38. The van der Waals surface area contributed by atoms with Gasteiger partial charge < -0.3 is 5.73 Å². The van der Waals surface area contributed by atoms with Crippen LogP contribution in [-0.4, -0.2) is 28.3 Å². The minimum Gasteiger partial charge on any atom is -0.382 e. The molecular formula is C12H20N4. The quantitative estimate of drug-likeness (QED) is 0.585. The van der Waals surface area contributed by atoms with Gasteiger partial charge in [-0.25, -0.2) is 0 Å². The molecule has 0 aliphatic heterocycles. The van der Waals surface area contributed by atoms with E-state index < -0.39 is 0 Å². The average Bonchev–Trinajstić information content (AvgIpc) is 2.25. The summed E-state index contributed by atoms with van der Waals surface area (Å²) in [6.07, 6.45) is 1.71. The number of aromatic nitrogens is 1. The predicted molar refractivity (Wildman–Crippen MR) is 66.5 cm³/mol. The van der Waals surface area contributed by atoms with E-state index in [1.165, 1.54) is 0 Å². The summed E-state index contributed by atoms with van der Waals surface area (Å²) in [6, 6.07) is 4.36. The van der Waals surface area contributed by atoms with Crippen molar-refractivity contribution in [3.8, 4) is 0 Å². The molecule has 0 bridgehead atoms. The maximum atomic E-state index is 7.35. The van der Waals surface area contributed by atoms with Crippen LogP contribution >= 0.6 is 0 Å². The fourth-order valence-corrected chi connectivity index (χ4v) is 1.61. The van der Waals surface area contributed by atoms with Crippen LogP contribution in [0.15, 0.2) is 18.3 Å². The normalized spacial score (nSPS) is 11.1. The molecule has 4 heteroatoms. The summed E-state index contributed by atoms with van der Waals surface area (Å²) in [5.41, 5.74) is 7.11. The first-order chi connectivity index (χ1) is 7.54. The van der Waals surface area contributed by atoms with Crippen LogP contribution in [0.5, 0.6) is 0 Å². The van der Waals surface area contributed by atoms with E-state index in [0.717, 1.165) is 18.7 Å². The molecule has 88 valence electrons. The van der Waals surface area contributed by atoms with Crippen LogP contribution in [0, 0.1) is 5.41 Å². The lowest BCUT2D eigenvalue weighted by molar-refractivity contribution is 0.225. The minimum absolute atomic E-state index is 0.0226. The molecule has 1 rings (SSSR count). The number of nitrogens with two attached hydrogens (primary N) is 1. The van der Waals surface area contributed by atoms with Gasteiger partial charge in [-0.1, -0.05) is 6.92 Å². The highest BCUT2D eigenvalue weighted by atomic mass is 15.1. The Morgan fingerprint density at radius 1 is 1.56 bits per heavy atom. The number of amidine groups is 1. The molecule has 0 aromatic carbocycles. The molecule has 0 aliphatic carbocycles. The van der Waals surface area contributed by atoms with Crippen molar-refractivity contribution >= 4 is 5.84 Å². The van der Waals surface area contributed by atoms with Crippen molar-refractivity contribution in [2.24, 2.45) is 5.73 Å². The Morgan fingerprint density at radius 3 is 2.75 bits per heavy atom. The third-order valence-corrected chi connectivity index (χ3v) is 2.62. The first kappa shape index (κ1) is 12.6. The van der Waals surface area contributed by atoms with Gasteiger partial charge in [0, 0.05) is 18.8 Å². The Morgan fingerprint density at radius 2 is 2.25 bits per heavy atom. The zero-order chi connectivity index (χ0) is 12.1. The highest BCUT2D eigenvalue weighted by Crippen LogP contribution is 2.08. The van der Waals surface area contributed by atoms with E-state index in [0.29, 0.717) is 11.7 Å². The molecule has 0 unspecified atom stereocenters. The summed E-state index contributed by atoms with van der Waals surface area (Å²) in [5, 5.41) is 7.35. The molecule has 0 spiro atoms. The molecule has 1 aromatic rings. The van der Waals surface area contributed by atoms with Crippen molar-refractivity contribution < 1.29 is 0 Å². The number of nitrogens with zero attached hydrogens (tertiary/aromatic N) is 2. The van der Waals surface area contributed by atoms with E-state index in [4.69, 9.17) is 11.1 Å². The van der Waals surface area contributed by atoms with E-state index in [1.807, 2.05) is 12.1 Å². The van der Waals surface area contributed by atoms with Crippen molar-refractivity contribution in [2.75, 3.05) is 6.54 Å². The van der Waals surface area contributed by atoms with Gasteiger partial charge in [0.2, 0.25) is 0 Å². The molecule has 0 radical (unpaired) electrons. The zero-order valence-electron chi connectivity index (χ0n) is 10.2. The van der Waals surface area contributed by atoms with Gasteiger partial charge in [-0.05, 0) is 38.1 Å². The Balaban J connectivity index is 2.80. The molecule has 0 saturated carbocycles. The zero-order valence-corrected chi connectivity index (χ0v) is 10.2. The molecule has 1 aromatic heterocycles. The number of hydrogen-bond acceptors (Lipinski definition) is 3. The van der Waals surface area contributed by atoms with Crippen LogP contribution < -0.4 is 5.73 Å². The van der Waals surface area contributed by atoms with Crippen LogP contribution in [0.25, 0.3) is 0 Å². The van der Waals surface area contributed by atoms with E-state index in [1.54, 1.807) is 6.20 Å². The van der Waals surface area contributed by atoms with Gasteiger partial charge in [0.1, 0.15) is 11.5 Å². The van der Waals surface area contributed by atoms with Gasteiger partial charge in [-0.15, -0.1) is 0 Å². The maximum absolute atomic E-state index is 7.35. The van der Waals surface area contributed by atoms with Gasteiger partial charge in [-0.2, -0.15) is 0 Å². The second kappa shape index (κ2) is 5.61. The van der Waals surface area contributed by atoms with Crippen LogP contribution in [-0.2, 0) is 6.54 Å². The van der Waals surface area contributed by atoms with Gasteiger partial charge in [-0.3, -0.25) is 15.3 Å². The molecule has 0 saturated heterocycles. The van der Waals surface area contributed by atoms with Gasteiger partial charge in [0.25, 0.3) is 0 Å². The highest BCUT2D eigenvalue weighted by Gasteiger charge is 2.08. The van der Waals surface area contributed by atoms with Crippen molar-refractivity contribution in [1.82, 2.24) is 9.88 Å². The number of hydrogen-bond donors (Lipinski definition) is 2.